The third-order valence-electron chi connectivity index (χ3n) is 5.42. The molecule has 1 atom stereocenters. The van der Waals surface area contributed by atoms with Gasteiger partial charge in [0.15, 0.2) is 5.58 Å². The van der Waals surface area contributed by atoms with Crippen LogP contribution < -0.4 is 16.0 Å². The van der Waals surface area contributed by atoms with E-state index in [1.54, 1.807) is 25.1 Å². The van der Waals surface area contributed by atoms with Crippen LogP contribution in [0.4, 0.5) is 11.1 Å². The number of aliphatic imine (C=N–C) groups is 1. The summed E-state index contributed by atoms with van der Waals surface area (Å²) in [6, 6.07) is 14.0. The summed E-state index contributed by atoms with van der Waals surface area (Å²) in [6.45, 7) is 1.75. The summed E-state index contributed by atoms with van der Waals surface area (Å²) in [5.74, 6) is -0.557. The van der Waals surface area contributed by atoms with Gasteiger partial charge in [-0.3, -0.25) is 20.2 Å². The van der Waals surface area contributed by atoms with Crippen molar-refractivity contribution in [3.05, 3.63) is 75.4 Å². The maximum atomic E-state index is 13.4. The van der Waals surface area contributed by atoms with Crippen LogP contribution in [0.5, 0.6) is 0 Å². The monoisotopic (exact) mass is 537 g/mol. The van der Waals surface area contributed by atoms with Gasteiger partial charge in [-0.15, -0.1) is 10.2 Å². The summed E-state index contributed by atoms with van der Waals surface area (Å²) in [5, 5.41) is 17.9. The number of hydrogen-bond donors (Lipinski definition) is 3. The molecule has 1 aliphatic heterocycles. The Morgan fingerprint density at radius 1 is 1.16 bits per heavy atom. The van der Waals surface area contributed by atoms with Crippen LogP contribution in [0.1, 0.15) is 23.5 Å². The lowest BCUT2D eigenvalue weighted by Gasteiger charge is -2.26. The molecule has 1 aliphatic rings. The van der Waals surface area contributed by atoms with E-state index in [1.807, 2.05) is 30.3 Å². The number of carbonyl (C=O) groups is 2. The summed E-state index contributed by atoms with van der Waals surface area (Å²) >= 11 is 7.58. The number of amides is 1. The molecular formula is C24H20ClN7O4S. The molecule has 2 aromatic carbocycles. The van der Waals surface area contributed by atoms with Gasteiger partial charge in [-0.25, -0.2) is 4.99 Å². The number of anilines is 2. The number of carbonyl (C=O) groups excluding carboxylic acids is 2. The number of para-hydroxylation sites is 2. The molecule has 5 rings (SSSR count). The zero-order chi connectivity index (χ0) is 25.9. The number of methoxy groups -OCH3 is 1. The Bertz CT molecular complexity index is 1530. The minimum atomic E-state index is -0.746. The summed E-state index contributed by atoms with van der Waals surface area (Å²) in [7, 11) is 1.29. The van der Waals surface area contributed by atoms with Crippen LogP contribution in [-0.4, -0.2) is 40.1 Å². The fourth-order valence-corrected chi connectivity index (χ4v) is 4.68. The largest absolute Gasteiger partial charge is 0.469 e. The lowest BCUT2D eigenvalue weighted by Crippen LogP contribution is -2.37. The van der Waals surface area contributed by atoms with E-state index in [1.165, 1.54) is 7.11 Å². The summed E-state index contributed by atoms with van der Waals surface area (Å²) < 4.78 is 10.4. The predicted molar refractivity (Wildman–Crippen MR) is 139 cm³/mol. The quantitative estimate of drug-likeness (QED) is 0.310. The smallest absolute Gasteiger partial charge is 0.312 e. The van der Waals surface area contributed by atoms with Crippen LogP contribution in [0.15, 0.2) is 69.2 Å². The van der Waals surface area contributed by atoms with Crippen LogP contribution >= 0.6 is 22.9 Å². The molecule has 11 nitrogen and oxygen atoms in total. The van der Waals surface area contributed by atoms with Crippen LogP contribution in [0.2, 0.25) is 5.02 Å². The number of nitrogens with zero attached hydrogens (tertiary/aromatic N) is 4. The van der Waals surface area contributed by atoms with Gasteiger partial charge in [-0.2, -0.15) is 4.98 Å². The molecule has 3 N–H and O–H groups in total. The Balaban J connectivity index is 1.43. The molecule has 0 bridgehead atoms. The molecule has 2 aromatic heterocycles. The molecule has 37 heavy (non-hydrogen) atoms. The zero-order valence-electron chi connectivity index (χ0n) is 19.6. The van der Waals surface area contributed by atoms with Crippen LogP contribution in [0.25, 0.3) is 11.1 Å². The summed E-state index contributed by atoms with van der Waals surface area (Å²) in [4.78, 5) is 34.1. The molecule has 3 heterocycles. The molecule has 188 valence electrons. The number of halogens is 1. The van der Waals surface area contributed by atoms with Crippen molar-refractivity contribution in [1.29, 1.82) is 0 Å². The maximum absolute atomic E-state index is 13.4. The normalized spacial score (nSPS) is 15.2. The van der Waals surface area contributed by atoms with Gasteiger partial charge in [0.05, 0.1) is 19.1 Å². The van der Waals surface area contributed by atoms with Crippen LogP contribution in [0, 0.1) is 0 Å². The van der Waals surface area contributed by atoms with E-state index in [0.29, 0.717) is 43.9 Å². The highest BCUT2D eigenvalue weighted by molar-refractivity contribution is 7.15. The first-order valence-electron chi connectivity index (χ1n) is 11.0. The maximum Gasteiger partial charge on any atom is 0.312 e. The number of esters is 1. The van der Waals surface area contributed by atoms with Gasteiger partial charge in [-0.1, -0.05) is 53.3 Å². The number of nitrogens with one attached hydrogen (secondary N) is 3. The molecule has 0 aliphatic carbocycles. The summed E-state index contributed by atoms with van der Waals surface area (Å²) in [5.41, 5.74) is 2.83. The fraction of sp³-hybridized carbons (Fsp3) is 0.167. The topological polar surface area (TPSA) is 144 Å². The van der Waals surface area contributed by atoms with Crippen LogP contribution in [0.3, 0.4) is 0 Å². The van der Waals surface area contributed by atoms with E-state index in [4.69, 9.17) is 21.0 Å². The highest BCUT2D eigenvalue weighted by Gasteiger charge is 2.31. The molecule has 4 aromatic rings. The van der Waals surface area contributed by atoms with E-state index in [9.17, 15) is 9.59 Å². The molecule has 1 amide bonds. The Labute approximate surface area is 219 Å². The number of benzene rings is 2. The van der Waals surface area contributed by atoms with Crippen molar-refractivity contribution >= 4 is 63.0 Å². The first-order chi connectivity index (χ1) is 17.9. The molecule has 13 heteroatoms. The highest BCUT2D eigenvalue weighted by atomic mass is 35.5. The number of allylic oxidation sites excluding steroid dienone is 1. The number of rotatable bonds is 6. The Morgan fingerprint density at radius 3 is 2.73 bits per heavy atom. The van der Waals surface area contributed by atoms with Gasteiger partial charge in [0, 0.05) is 16.3 Å². The summed E-state index contributed by atoms with van der Waals surface area (Å²) in [6.07, 6.45) is -0.0370. The van der Waals surface area contributed by atoms with Gasteiger partial charge < -0.3 is 14.5 Å². The van der Waals surface area contributed by atoms with Gasteiger partial charge in [-0.05, 0) is 25.1 Å². The minimum Gasteiger partial charge on any atom is -0.469 e. The van der Waals surface area contributed by atoms with Crippen molar-refractivity contribution < 1.29 is 18.7 Å². The third-order valence-corrected chi connectivity index (χ3v) is 6.60. The molecule has 0 saturated carbocycles. The number of guanidine groups is 1. The molecule has 0 radical (unpaired) electrons. The first kappa shape index (κ1) is 24.4. The second-order valence-electron chi connectivity index (χ2n) is 7.89. The molecule has 0 saturated heterocycles. The van der Waals surface area contributed by atoms with Gasteiger partial charge in [0.2, 0.25) is 11.1 Å². The number of fused-ring (bicyclic) bond motifs is 1. The van der Waals surface area contributed by atoms with Crippen molar-refractivity contribution in [2.75, 3.05) is 17.7 Å². The number of oxazole rings is 1. The number of aromatic nitrogens is 3. The molecule has 1 unspecified atom stereocenters. The zero-order valence-corrected chi connectivity index (χ0v) is 21.2. The third kappa shape index (κ3) is 5.29. The standard InChI is InChI=1S/C24H20ClN7O4S/c1-12-19(21(34)29-24-32-31-17(37-24)11-18(33)35-2)20(13-7-3-4-8-14(13)25)28-22(26-12)30-23-27-15-9-5-6-10-16(15)36-23/h3-10,20H,11H2,1-2H3,(H,29,32,34)(H2,26,27,28,30). The van der Waals surface area contributed by atoms with E-state index >= 15 is 0 Å². The number of ether oxygens (including phenoxy) is 1. The van der Waals surface area contributed by atoms with Crippen LogP contribution in [-0.2, 0) is 20.7 Å². The minimum absolute atomic E-state index is 0.0370. The lowest BCUT2D eigenvalue weighted by atomic mass is 9.95. The lowest BCUT2D eigenvalue weighted by molar-refractivity contribution is -0.139. The first-order valence-corrected chi connectivity index (χ1v) is 12.2. The Kier molecular flexibility index (Phi) is 6.84. The Hall–Kier alpha value is -4.29. The average molecular weight is 538 g/mol. The van der Waals surface area contributed by atoms with Gasteiger partial charge in [0.1, 0.15) is 16.6 Å². The average Bonchev–Trinajstić information content (AvgIpc) is 3.49. The number of hydrogen-bond acceptors (Lipinski definition) is 11. The van der Waals surface area contributed by atoms with Gasteiger partial charge in [0.25, 0.3) is 5.91 Å². The van der Waals surface area contributed by atoms with Crippen molar-refractivity contribution in [3.63, 3.8) is 0 Å². The van der Waals surface area contributed by atoms with E-state index in [-0.39, 0.29) is 17.6 Å². The van der Waals surface area contributed by atoms with E-state index < -0.39 is 17.9 Å². The van der Waals surface area contributed by atoms with Crippen molar-refractivity contribution in [2.24, 2.45) is 4.99 Å². The molecule has 0 spiro atoms. The van der Waals surface area contributed by atoms with E-state index in [2.05, 4.69) is 35.9 Å². The second-order valence-corrected chi connectivity index (χ2v) is 9.35. The highest BCUT2D eigenvalue weighted by Crippen LogP contribution is 2.35. The Morgan fingerprint density at radius 2 is 1.95 bits per heavy atom. The molecule has 0 fully saturated rings. The SMILES string of the molecule is COC(=O)Cc1nnc(NC(=O)C2=C(C)NC(Nc3nc4ccccc4o3)=NC2c2ccccc2Cl)s1. The predicted octanol–water partition coefficient (Wildman–Crippen LogP) is 4.07. The van der Waals surface area contributed by atoms with Crippen molar-refractivity contribution in [1.82, 2.24) is 20.5 Å². The second kappa shape index (κ2) is 10.4. The van der Waals surface area contributed by atoms with Gasteiger partial charge >= 0.3 is 12.0 Å². The molecular weight excluding hydrogens is 518 g/mol. The van der Waals surface area contributed by atoms with Crippen molar-refractivity contribution in [2.45, 2.75) is 19.4 Å². The van der Waals surface area contributed by atoms with Crippen molar-refractivity contribution in [3.8, 4) is 0 Å². The fourth-order valence-electron chi connectivity index (χ4n) is 3.72. The van der Waals surface area contributed by atoms with E-state index in [0.717, 1.165) is 11.3 Å².